The van der Waals surface area contributed by atoms with E-state index in [-0.39, 0.29) is 12.1 Å². The van der Waals surface area contributed by atoms with Gasteiger partial charge in [0.2, 0.25) is 5.95 Å². The molecule has 1 fully saturated rings. The zero-order valence-corrected chi connectivity index (χ0v) is 15.7. The molecule has 1 aliphatic rings. The van der Waals surface area contributed by atoms with Crippen molar-refractivity contribution < 1.29 is 9.53 Å². The first-order valence-electron chi connectivity index (χ1n) is 8.18. The van der Waals surface area contributed by atoms with Gasteiger partial charge in [0.25, 0.3) is 0 Å². The lowest BCUT2D eigenvalue weighted by Crippen LogP contribution is -2.50. The maximum Gasteiger partial charge on any atom is 0.410 e. The van der Waals surface area contributed by atoms with Gasteiger partial charge in [-0.25, -0.2) is 9.78 Å². The summed E-state index contributed by atoms with van der Waals surface area (Å²) in [5, 5.41) is 0. The molecule has 1 amide bonds. The molecule has 0 N–H and O–H groups in total. The number of piperazine rings is 1. The van der Waals surface area contributed by atoms with Crippen LogP contribution in [0, 0.1) is 0 Å². The average Bonchev–Trinajstić information content (AvgIpc) is 2.52. The van der Waals surface area contributed by atoms with E-state index in [1.807, 2.05) is 34.6 Å². The van der Waals surface area contributed by atoms with Crippen molar-refractivity contribution in [2.45, 2.75) is 46.3 Å². The fourth-order valence-electron chi connectivity index (χ4n) is 2.29. The summed E-state index contributed by atoms with van der Waals surface area (Å²) >= 11 is 6.23. The number of anilines is 2. The Bertz CT molecular complexity index is 568. The van der Waals surface area contributed by atoms with Gasteiger partial charge in [-0.3, -0.25) is 4.42 Å². The first kappa shape index (κ1) is 18.6. The van der Waals surface area contributed by atoms with E-state index in [1.165, 1.54) is 0 Å². The van der Waals surface area contributed by atoms with E-state index in [9.17, 15) is 4.79 Å². The van der Waals surface area contributed by atoms with Gasteiger partial charge in [-0.1, -0.05) is 0 Å². The summed E-state index contributed by atoms with van der Waals surface area (Å²) in [5.74, 6) is 1.30. The number of aromatic nitrogens is 2. The van der Waals surface area contributed by atoms with Crippen molar-refractivity contribution in [2.75, 3.05) is 35.5 Å². The smallest absolute Gasteiger partial charge is 0.410 e. The third-order valence-electron chi connectivity index (χ3n) is 3.51. The Kier molecular flexibility index (Phi) is 5.74. The number of amides is 1. The van der Waals surface area contributed by atoms with Crippen LogP contribution < -0.4 is 9.32 Å². The van der Waals surface area contributed by atoms with Gasteiger partial charge in [-0.05, 0) is 34.6 Å². The van der Waals surface area contributed by atoms with E-state index >= 15 is 0 Å². The lowest BCUT2D eigenvalue weighted by atomic mass is 10.2. The minimum Gasteiger partial charge on any atom is -0.444 e. The quantitative estimate of drug-likeness (QED) is 0.777. The summed E-state index contributed by atoms with van der Waals surface area (Å²) in [7, 11) is 0. The molecular weight excluding hydrogens is 330 g/mol. The van der Waals surface area contributed by atoms with Crippen LogP contribution in [0.3, 0.4) is 0 Å². The maximum atomic E-state index is 12.1. The average molecular weight is 356 g/mol. The zero-order valence-electron chi connectivity index (χ0n) is 15.0. The molecule has 1 aromatic rings. The molecule has 2 heterocycles. The van der Waals surface area contributed by atoms with Crippen LogP contribution in [0.15, 0.2) is 12.3 Å². The van der Waals surface area contributed by atoms with E-state index in [2.05, 4.69) is 14.9 Å². The highest BCUT2D eigenvalue weighted by atomic mass is 35.5. The molecule has 0 atom stereocenters. The molecule has 0 radical (unpaired) electrons. The van der Waals surface area contributed by atoms with Crippen LogP contribution in [0.5, 0.6) is 0 Å². The van der Waals surface area contributed by atoms with E-state index in [0.29, 0.717) is 37.9 Å². The Hall–Kier alpha value is -1.76. The molecule has 0 aliphatic carbocycles. The van der Waals surface area contributed by atoms with Gasteiger partial charge >= 0.3 is 6.09 Å². The van der Waals surface area contributed by atoms with E-state index in [4.69, 9.17) is 16.5 Å². The Balaban J connectivity index is 1.97. The lowest BCUT2D eigenvalue weighted by molar-refractivity contribution is 0.0240. The van der Waals surface area contributed by atoms with Crippen LogP contribution in [0.1, 0.15) is 34.6 Å². The first-order valence-corrected chi connectivity index (χ1v) is 8.52. The summed E-state index contributed by atoms with van der Waals surface area (Å²) in [4.78, 5) is 24.7. The highest BCUT2D eigenvalue weighted by molar-refractivity contribution is 6.25. The second kappa shape index (κ2) is 7.42. The fraction of sp³-hybridized carbons (Fsp3) is 0.688. The van der Waals surface area contributed by atoms with Gasteiger partial charge in [0, 0.05) is 56.3 Å². The number of nitrogens with zero attached hydrogens (tertiary/aromatic N) is 5. The van der Waals surface area contributed by atoms with Crippen molar-refractivity contribution in [3.05, 3.63) is 12.3 Å². The Morgan fingerprint density at radius 2 is 1.92 bits per heavy atom. The van der Waals surface area contributed by atoms with Gasteiger partial charge in [0.1, 0.15) is 11.4 Å². The van der Waals surface area contributed by atoms with E-state index in [1.54, 1.807) is 21.6 Å². The molecule has 134 valence electrons. The highest BCUT2D eigenvalue weighted by Gasteiger charge is 2.27. The Morgan fingerprint density at radius 3 is 2.46 bits per heavy atom. The van der Waals surface area contributed by atoms with Crippen molar-refractivity contribution in [2.24, 2.45) is 0 Å². The molecule has 24 heavy (non-hydrogen) atoms. The summed E-state index contributed by atoms with van der Waals surface area (Å²) in [5.41, 5.74) is -0.480. The number of halogens is 1. The van der Waals surface area contributed by atoms with Gasteiger partial charge < -0.3 is 14.5 Å². The number of rotatable bonds is 3. The third kappa shape index (κ3) is 4.87. The standard InChI is InChI=1S/C16H26ClN5O2/c1-12(2)22(17)13-6-7-18-14(19-13)20-8-10-21(11-9-20)15(23)24-16(3,4)5/h6-7,12H,8-11H2,1-5H3. The monoisotopic (exact) mass is 355 g/mol. The third-order valence-corrected chi connectivity index (χ3v) is 4.08. The molecular formula is C16H26ClN5O2. The van der Waals surface area contributed by atoms with Crippen LogP contribution >= 0.6 is 11.8 Å². The van der Waals surface area contributed by atoms with Crippen LogP contribution in [-0.2, 0) is 4.74 Å². The normalized spacial score (nSPS) is 15.6. The van der Waals surface area contributed by atoms with E-state index < -0.39 is 5.60 Å². The minimum atomic E-state index is -0.480. The van der Waals surface area contributed by atoms with Crippen molar-refractivity contribution in [1.82, 2.24) is 14.9 Å². The van der Waals surface area contributed by atoms with E-state index in [0.717, 1.165) is 0 Å². The predicted molar refractivity (Wildman–Crippen MR) is 95.5 cm³/mol. The second-order valence-electron chi connectivity index (χ2n) is 7.07. The predicted octanol–water partition coefficient (Wildman–Crippen LogP) is 2.90. The summed E-state index contributed by atoms with van der Waals surface area (Å²) in [6, 6.07) is 1.92. The Labute approximate surface area is 148 Å². The molecule has 1 saturated heterocycles. The first-order chi connectivity index (χ1) is 11.2. The van der Waals surface area contributed by atoms with Gasteiger partial charge in [-0.15, -0.1) is 0 Å². The number of carbonyl (C=O) groups is 1. The van der Waals surface area contributed by atoms with Crippen molar-refractivity contribution in [3.8, 4) is 0 Å². The Morgan fingerprint density at radius 1 is 1.29 bits per heavy atom. The molecule has 1 aromatic heterocycles. The van der Waals surface area contributed by atoms with Gasteiger partial charge in [0.15, 0.2) is 0 Å². The molecule has 0 aromatic carbocycles. The SMILES string of the molecule is CC(C)N(Cl)c1ccnc(N2CCN(C(=O)OC(C)(C)C)CC2)n1. The zero-order chi connectivity index (χ0) is 17.9. The van der Waals surface area contributed by atoms with Crippen molar-refractivity contribution in [3.63, 3.8) is 0 Å². The van der Waals surface area contributed by atoms with Crippen molar-refractivity contribution >= 4 is 29.6 Å². The van der Waals surface area contributed by atoms with Crippen LogP contribution in [0.25, 0.3) is 0 Å². The van der Waals surface area contributed by atoms with Gasteiger partial charge in [-0.2, -0.15) is 4.98 Å². The molecule has 0 spiro atoms. The van der Waals surface area contributed by atoms with Crippen LogP contribution in [-0.4, -0.2) is 58.8 Å². The lowest BCUT2D eigenvalue weighted by Gasteiger charge is -2.35. The highest BCUT2D eigenvalue weighted by Crippen LogP contribution is 2.20. The summed E-state index contributed by atoms with van der Waals surface area (Å²) < 4.78 is 6.99. The molecule has 2 rings (SSSR count). The molecule has 7 nitrogen and oxygen atoms in total. The largest absolute Gasteiger partial charge is 0.444 e. The molecule has 0 unspecified atom stereocenters. The summed E-state index contributed by atoms with van der Waals surface area (Å²) in [6.45, 7) is 12.1. The van der Waals surface area contributed by atoms with Crippen LogP contribution in [0.4, 0.5) is 16.6 Å². The molecule has 8 heteroatoms. The molecule has 1 aliphatic heterocycles. The van der Waals surface area contributed by atoms with Gasteiger partial charge in [0.05, 0.1) is 0 Å². The minimum absolute atomic E-state index is 0.137. The number of hydrogen-bond acceptors (Lipinski definition) is 6. The summed E-state index contributed by atoms with van der Waals surface area (Å²) in [6.07, 6.45) is 1.43. The maximum absolute atomic E-state index is 12.1. The number of carbonyl (C=O) groups excluding carboxylic acids is 1. The molecule has 0 bridgehead atoms. The molecule has 0 saturated carbocycles. The van der Waals surface area contributed by atoms with Crippen molar-refractivity contribution in [1.29, 1.82) is 0 Å². The number of ether oxygens (including phenoxy) is 1. The van der Waals surface area contributed by atoms with Crippen LogP contribution in [0.2, 0.25) is 0 Å². The topological polar surface area (TPSA) is 61.8 Å². The second-order valence-corrected chi connectivity index (χ2v) is 7.44. The fourth-order valence-corrected chi connectivity index (χ4v) is 2.38. The number of hydrogen-bond donors (Lipinski definition) is 0.